The lowest BCUT2D eigenvalue weighted by Gasteiger charge is -2.26. The standard InChI is InChI=1S/C23H23NO6/c1-14-9-11-15(12-10-14)21(27)19-20(16-6-3-4-7-17(16)30-2)24(23(29)22(19)28)13-5-8-18(25)26/h3-4,6-7,9-12,20,27H,5,8,13H2,1-2H3,(H,25,26)/p-1/t20-/m1/s1. The molecule has 7 heteroatoms. The molecule has 7 nitrogen and oxygen atoms in total. The van der Waals surface area contributed by atoms with Crippen LogP contribution >= 0.6 is 0 Å². The van der Waals surface area contributed by atoms with E-state index in [1.807, 2.05) is 6.92 Å². The normalized spacial score (nSPS) is 17.9. The lowest BCUT2D eigenvalue weighted by atomic mass is 9.94. The van der Waals surface area contributed by atoms with Crippen molar-refractivity contribution < 1.29 is 29.3 Å². The Morgan fingerprint density at radius 3 is 2.43 bits per heavy atom. The molecule has 0 radical (unpaired) electrons. The minimum absolute atomic E-state index is 0.0198. The Bertz CT molecular complexity index is 1010. The molecule has 1 saturated heterocycles. The van der Waals surface area contributed by atoms with Crippen molar-refractivity contribution in [3.8, 4) is 5.75 Å². The van der Waals surface area contributed by atoms with E-state index in [2.05, 4.69) is 0 Å². The van der Waals surface area contributed by atoms with Crippen LogP contribution in [-0.2, 0) is 14.4 Å². The number of aliphatic carboxylic acids is 1. The van der Waals surface area contributed by atoms with Crippen LogP contribution in [0.15, 0.2) is 54.1 Å². The van der Waals surface area contributed by atoms with Gasteiger partial charge in [-0.15, -0.1) is 0 Å². The predicted molar refractivity (Wildman–Crippen MR) is 107 cm³/mol. The summed E-state index contributed by atoms with van der Waals surface area (Å²) in [5.41, 5.74) is 1.87. The largest absolute Gasteiger partial charge is 0.550 e. The summed E-state index contributed by atoms with van der Waals surface area (Å²) in [5.74, 6) is -2.69. The molecule has 0 aromatic heterocycles. The van der Waals surface area contributed by atoms with Crippen LogP contribution in [0, 0.1) is 6.92 Å². The highest BCUT2D eigenvalue weighted by molar-refractivity contribution is 6.46. The number of Topliss-reactive ketones (excluding diaryl/α,β-unsaturated/α-hetero) is 1. The summed E-state index contributed by atoms with van der Waals surface area (Å²) < 4.78 is 5.41. The zero-order valence-electron chi connectivity index (χ0n) is 16.8. The number of benzene rings is 2. The molecule has 2 aromatic rings. The third-order valence-electron chi connectivity index (χ3n) is 5.08. The van der Waals surface area contributed by atoms with Gasteiger partial charge in [-0.3, -0.25) is 9.59 Å². The lowest BCUT2D eigenvalue weighted by Crippen LogP contribution is -2.32. The number of para-hydroxylation sites is 1. The van der Waals surface area contributed by atoms with E-state index in [-0.39, 0.29) is 30.7 Å². The first-order valence-corrected chi connectivity index (χ1v) is 9.53. The lowest BCUT2D eigenvalue weighted by molar-refractivity contribution is -0.305. The van der Waals surface area contributed by atoms with Crippen molar-refractivity contribution in [2.75, 3.05) is 13.7 Å². The fourth-order valence-corrected chi connectivity index (χ4v) is 3.59. The van der Waals surface area contributed by atoms with Crippen LogP contribution in [0.25, 0.3) is 5.76 Å². The second-order valence-corrected chi connectivity index (χ2v) is 7.08. The number of amides is 1. The fraction of sp³-hybridized carbons (Fsp3) is 0.261. The molecule has 1 aliphatic heterocycles. The smallest absolute Gasteiger partial charge is 0.295 e. The van der Waals surface area contributed by atoms with Gasteiger partial charge in [-0.2, -0.15) is 0 Å². The molecule has 0 bridgehead atoms. The number of nitrogens with zero attached hydrogens (tertiary/aromatic N) is 1. The topological polar surface area (TPSA) is 107 Å². The Morgan fingerprint density at radius 2 is 1.80 bits per heavy atom. The van der Waals surface area contributed by atoms with Gasteiger partial charge in [0.05, 0.1) is 18.7 Å². The second kappa shape index (κ2) is 8.82. The molecule has 0 spiro atoms. The first-order chi connectivity index (χ1) is 14.3. The monoisotopic (exact) mass is 408 g/mol. The predicted octanol–water partition coefficient (Wildman–Crippen LogP) is 1.96. The molecule has 156 valence electrons. The molecule has 1 N–H and O–H groups in total. The van der Waals surface area contributed by atoms with Crippen LogP contribution < -0.4 is 9.84 Å². The molecular formula is C23H22NO6-. The molecule has 1 atom stereocenters. The number of carbonyl (C=O) groups excluding carboxylic acids is 3. The van der Waals surface area contributed by atoms with Gasteiger partial charge in [0.1, 0.15) is 11.5 Å². The van der Waals surface area contributed by atoms with Gasteiger partial charge in [-0.1, -0.05) is 48.0 Å². The number of carbonyl (C=O) groups is 3. The highest BCUT2D eigenvalue weighted by Gasteiger charge is 2.46. The van der Waals surface area contributed by atoms with Crippen LogP contribution in [-0.4, -0.2) is 41.3 Å². The minimum Gasteiger partial charge on any atom is -0.550 e. The minimum atomic E-state index is -1.24. The average Bonchev–Trinajstić information content (AvgIpc) is 2.98. The Kier molecular flexibility index (Phi) is 6.20. The van der Waals surface area contributed by atoms with Gasteiger partial charge >= 0.3 is 0 Å². The maximum atomic E-state index is 12.9. The van der Waals surface area contributed by atoms with Crippen molar-refractivity contribution in [1.29, 1.82) is 0 Å². The van der Waals surface area contributed by atoms with Crippen LogP contribution in [0.5, 0.6) is 5.75 Å². The van der Waals surface area contributed by atoms with Crippen molar-refractivity contribution in [2.24, 2.45) is 0 Å². The Hall–Kier alpha value is -3.61. The quantitative estimate of drug-likeness (QED) is 0.426. The summed E-state index contributed by atoms with van der Waals surface area (Å²) in [4.78, 5) is 37.8. The van der Waals surface area contributed by atoms with Crippen molar-refractivity contribution in [3.05, 3.63) is 70.8 Å². The van der Waals surface area contributed by atoms with E-state index in [0.717, 1.165) is 5.56 Å². The average molecular weight is 408 g/mol. The number of aryl methyl sites for hydroxylation is 1. The summed E-state index contributed by atoms with van der Waals surface area (Å²) >= 11 is 0. The molecule has 0 unspecified atom stereocenters. The van der Waals surface area contributed by atoms with E-state index in [1.54, 1.807) is 48.5 Å². The third kappa shape index (κ3) is 4.05. The molecule has 1 fully saturated rings. The van der Waals surface area contributed by atoms with Crippen LogP contribution in [0.2, 0.25) is 0 Å². The van der Waals surface area contributed by atoms with Gasteiger partial charge in [-0.25, -0.2) is 0 Å². The highest BCUT2D eigenvalue weighted by Crippen LogP contribution is 2.42. The number of hydrogen-bond donors (Lipinski definition) is 1. The van der Waals surface area contributed by atoms with Crippen LogP contribution in [0.1, 0.15) is 35.6 Å². The van der Waals surface area contributed by atoms with E-state index < -0.39 is 23.7 Å². The maximum Gasteiger partial charge on any atom is 0.295 e. The summed E-state index contributed by atoms with van der Waals surface area (Å²) in [6.45, 7) is 1.92. The van der Waals surface area contributed by atoms with Gasteiger partial charge in [0.15, 0.2) is 0 Å². The molecule has 1 aliphatic rings. The molecule has 2 aromatic carbocycles. The number of likely N-dealkylation sites (tertiary alicyclic amines) is 1. The van der Waals surface area contributed by atoms with Crippen molar-refractivity contribution >= 4 is 23.4 Å². The number of carboxylic acid groups (broad SMARTS) is 1. The van der Waals surface area contributed by atoms with Crippen molar-refractivity contribution in [1.82, 2.24) is 4.90 Å². The summed E-state index contributed by atoms with van der Waals surface area (Å²) in [7, 11) is 1.47. The summed E-state index contributed by atoms with van der Waals surface area (Å²) in [6.07, 6.45) is -0.134. The number of rotatable bonds is 7. The van der Waals surface area contributed by atoms with Gasteiger partial charge in [-0.05, 0) is 25.8 Å². The number of methoxy groups -OCH3 is 1. The van der Waals surface area contributed by atoms with E-state index >= 15 is 0 Å². The van der Waals surface area contributed by atoms with Gasteiger partial charge in [0.2, 0.25) is 0 Å². The van der Waals surface area contributed by atoms with Gasteiger partial charge in [0.25, 0.3) is 11.7 Å². The molecule has 0 saturated carbocycles. The van der Waals surface area contributed by atoms with E-state index in [1.165, 1.54) is 12.0 Å². The first-order valence-electron chi connectivity index (χ1n) is 9.53. The molecule has 1 amide bonds. The molecule has 0 aliphatic carbocycles. The first kappa shape index (κ1) is 21.1. The van der Waals surface area contributed by atoms with Crippen molar-refractivity contribution in [2.45, 2.75) is 25.8 Å². The number of aliphatic hydroxyl groups excluding tert-OH is 1. The van der Waals surface area contributed by atoms with E-state index in [0.29, 0.717) is 16.9 Å². The summed E-state index contributed by atoms with van der Waals surface area (Å²) in [6, 6.07) is 12.9. The number of aliphatic hydroxyl groups is 1. The molecular weight excluding hydrogens is 386 g/mol. The zero-order valence-corrected chi connectivity index (χ0v) is 16.8. The number of ketones is 1. The van der Waals surface area contributed by atoms with E-state index in [4.69, 9.17) is 4.74 Å². The second-order valence-electron chi connectivity index (χ2n) is 7.08. The molecule has 1 heterocycles. The molecule has 3 rings (SSSR count). The Labute approximate surface area is 174 Å². The van der Waals surface area contributed by atoms with Crippen molar-refractivity contribution in [3.63, 3.8) is 0 Å². The van der Waals surface area contributed by atoms with E-state index in [9.17, 15) is 24.6 Å². The Morgan fingerprint density at radius 1 is 1.13 bits per heavy atom. The number of hydrogen-bond acceptors (Lipinski definition) is 6. The van der Waals surface area contributed by atoms with Crippen LogP contribution in [0.3, 0.4) is 0 Å². The highest BCUT2D eigenvalue weighted by atomic mass is 16.5. The van der Waals surface area contributed by atoms with Gasteiger partial charge < -0.3 is 24.6 Å². The zero-order chi connectivity index (χ0) is 21.8. The fourth-order valence-electron chi connectivity index (χ4n) is 3.59. The SMILES string of the molecule is COc1ccccc1[C@@H]1C(=C(O)c2ccc(C)cc2)C(=O)C(=O)N1CCCC(=O)[O-]. The maximum absolute atomic E-state index is 12.9. The number of carboxylic acids is 1. The Balaban J connectivity index is 2.14. The van der Waals surface area contributed by atoms with Gasteiger partial charge in [0, 0.05) is 23.6 Å². The summed E-state index contributed by atoms with van der Waals surface area (Å²) in [5, 5.41) is 21.8. The number of ether oxygens (including phenoxy) is 1. The van der Waals surface area contributed by atoms with Crippen LogP contribution in [0.4, 0.5) is 0 Å². The molecule has 30 heavy (non-hydrogen) atoms. The third-order valence-corrected chi connectivity index (χ3v) is 5.08.